The summed E-state index contributed by atoms with van der Waals surface area (Å²) >= 11 is 0. The summed E-state index contributed by atoms with van der Waals surface area (Å²) in [6.45, 7) is 3.82. The molecule has 0 aliphatic carbocycles. The molecule has 1 unspecified atom stereocenters. The van der Waals surface area contributed by atoms with Crippen molar-refractivity contribution in [1.82, 2.24) is 19.8 Å². The molecular weight excluding hydrogens is 246 g/mol. The summed E-state index contributed by atoms with van der Waals surface area (Å²) in [6, 6.07) is 3.30. The van der Waals surface area contributed by atoms with E-state index in [0.717, 1.165) is 5.69 Å². The lowest BCUT2D eigenvalue weighted by Crippen LogP contribution is -2.33. The third kappa shape index (κ3) is 2.75. The van der Waals surface area contributed by atoms with Crippen molar-refractivity contribution in [2.75, 3.05) is 12.8 Å². The predicted octanol–water partition coefficient (Wildman–Crippen LogP) is 0.981. The van der Waals surface area contributed by atoms with Crippen LogP contribution in [0.25, 0.3) is 0 Å². The summed E-state index contributed by atoms with van der Waals surface area (Å²) in [6.07, 6.45) is 1.49. The van der Waals surface area contributed by atoms with Crippen LogP contribution in [0, 0.1) is 6.92 Å². The number of likely N-dealkylation sites (N-methyl/N-ethyl adjacent to an activating group) is 1. The van der Waals surface area contributed by atoms with Gasteiger partial charge in [0.25, 0.3) is 0 Å². The van der Waals surface area contributed by atoms with E-state index >= 15 is 0 Å². The van der Waals surface area contributed by atoms with Crippen LogP contribution >= 0.6 is 0 Å². The van der Waals surface area contributed by atoms with Crippen molar-refractivity contribution in [2.24, 2.45) is 0 Å². The fourth-order valence-electron chi connectivity index (χ4n) is 1.78. The van der Waals surface area contributed by atoms with Gasteiger partial charge >= 0.3 is 0 Å². The minimum Gasteiger partial charge on any atom is -0.384 e. The number of amides is 1. The molecule has 2 rings (SSSR count). The van der Waals surface area contributed by atoms with Gasteiger partial charge in [-0.1, -0.05) is 5.16 Å². The second-order valence-corrected chi connectivity index (χ2v) is 4.47. The van der Waals surface area contributed by atoms with E-state index in [9.17, 15) is 4.79 Å². The lowest BCUT2D eigenvalue weighted by Gasteiger charge is -2.23. The smallest absolute Gasteiger partial charge is 0.244 e. The van der Waals surface area contributed by atoms with E-state index in [0.29, 0.717) is 11.5 Å². The Morgan fingerprint density at radius 2 is 2.37 bits per heavy atom. The number of hydrogen-bond donors (Lipinski definition) is 1. The Balaban J connectivity index is 2.05. The molecule has 0 saturated carbocycles. The molecule has 19 heavy (non-hydrogen) atoms. The number of aromatic nitrogens is 3. The molecule has 1 atom stereocenters. The number of hydrogen-bond acceptors (Lipinski definition) is 5. The van der Waals surface area contributed by atoms with E-state index in [1.807, 2.05) is 13.8 Å². The van der Waals surface area contributed by atoms with E-state index in [4.69, 9.17) is 10.3 Å². The van der Waals surface area contributed by atoms with E-state index in [1.54, 1.807) is 24.1 Å². The van der Waals surface area contributed by atoms with Crippen LogP contribution in [-0.4, -0.2) is 32.8 Å². The maximum Gasteiger partial charge on any atom is 0.244 e. The molecule has 0 aliphatic rings. The number of carbonyl (C=O) groups excluding carboxylic acids is 1. The van der Waals surface area contributed by atoms with E-state index in [-0.39, 0.29) is 18.5 Å². The van der Waals surface area contributed by atoms with Gasteiger partial charge in [-0.25, -0.2) is 4.68 Å². The lowest BCUT2D eigenvalue weighted by atomic mass is 10.2. The van der Waals surface area contributed by atoms with Crippen LogP contribution in [0.15, 0.2) is 22.9 Å². The van der Waals surface area contributed by atoms with Gasteiger partial charge in [0.05, 0.1) is 11.7 Å². The zero-order valence-corrected chi connectivity index (χ0v) is 11.2. The van der Waals surface area contributed by atoms with Gasteiger partial charge in [0.2, 0.25) is 5.91 Å². The molecule has 7 nitrogen and oxygen atoms in total. The summed E-state index contributed by atoms with van der Waals surface area (Å²) in [7, 11) is 1.72. The molecule has 0 aromatic carbocycles. The van der Waals surface area contributed by atoms with Crippen LogP contribution < -0.4 is 5.73 Å². The molecule has 2 aromatic heterocycles. The van der Waals surface area contributed by atoms with Gasteiger partial charge < -0.3 is 15.2 Å². The molecule has 0 bridgehead atoms. The lowest BCUT2D eigenvalue weighted by molar-refractivity contribution is -0.132. The maximum absolute atomic E-state index is 12.2. The molecular formula is C12H17N5O2. The van der Waals surface area contributed by atoms with Crippen molar-refractivity contribution in [3.05, 3.63) is 29.8 Å². The van der Waals surface area contributed by atoms with Gasteiger partial charge in [-0.2, -0.15) is 5.10 Å². The zero-order valence-electron chi connectivity index (χ0n) is 11.2. The van der Waals surface area contributed by atoms with Crippen LogP contribution in [0.1, 0.15) is 24.4 Å². The first-order valence-corrected chi connectivity index (χ1v) is 5.95. The molecule has 1 amide bonds. The standard InChI is InChI=1S/C12H17N5O2/c1-8-6-11(13)17(14-8)7-12(18)16(3)9(2)10-4-5-19-15-10/h4-6,9H,7,13H2,1-3H3. The zero-order chi connectivity index (χ0) is 14.0. The average Bonchev–Trinajstić information content (AvgIpc) is 2.98. The van der Waals surface area contributed by atoms with E-state index in [1.165, 1.54) is 10.9 Å². The predicted molar refractivity (Wildman–Crippen MR) is 69.1 cm³/mol. The monoisotopic (exact) mass is 263 g/mol. The van der Waals surface area contributed by atoms with Crippen molar-refractivity contribution in [1.29, 1.82) is 0 Å². The summed E-state index contributed by atoms with van der Waals surface area (Å²) in [5.74, 6) is 0.388. The van der Waals surface area contributed by atoms with Gasteiger partial charge in [-0.3, -0.25) is 4.79 Å². The van der Waals surface area contributed by atoms with Gasteiger partial charge in [0, 0.05) is 19.2 Å². The summed E-state index contributed by atoms with van der Waals surface area (Å²) in [5, 5.41) is 8.00. The Morgan fingerprint density at radius 1 is 1.63 bits per heavy atom. The van der Waals surface area contributed by atoms with Crippen molar-refractivity contribution < 1.29 is 9.32 Å². The molecule has 0 fully saturated rings. The molecule has 7 heteroatoms. The first kappa shape index (κ1) is 13.1. The van der Waals surface area contributed by atoms with Crippen LogP contribution in [-0.2, 0) is 11.3 Å². The van der Waals surface area contributed by atoms with Crippen molar-refractivity contribution >= 4 is 11.7 Å². The Bertz CT molecular complexity index is 561. The molecule has 0 saturated heterocycles. The number of anilines is 1. The Labute approximate surface area is 111 Å². The van der Waals surface area contributed by atoms with Crippen LogP contribution in [0.3, 0.4) is 0 Å². The fraction of sp³-hybridized carbons (Fsp3) is 0.417. The quantitative estimate of drug-likeness (QED) is 0.888. The summed E-state index contributed by atoms with van der Waals surface area (Å²) in [4.78, 5) is 13.8. The second-order valence-electron chi connectivity index (χ2n) is 4.47. The van der Waals surface area contributed by atoms with Gasteiger partial charge in [-0.15, -0.1) is 0 Å². The fourth-order valence-corrected chi connectivity index (χ4v) is 1.78. The third-order valence-electron chi connectivity index (χ3n) is 3.08. The highest BCUT2D eigenvalue weighted by molar-refractivity contribution is 5.76. The molecule has 0 spiro atoms. The van der Waals surface area contributed by atoms with Crippen LogP contribution in [0.4, 0.5) is 5.82 Å². The van der Waals surface area contributed by atoms with Crippen molar-refractivity contribution in [2.45, 2.75) is 26.4 Å². The minimum absolute atomic E-state index is 0.0923. The molecule has 2 heterocycles. The highest BCUT2D eigenvalue weighted by atomic mass is 16.5. The van der Waals surface area contributed by atoms with Gasteiger partial charge in [-0.05, 0) is 13.8 Å². The van der Waals surface area contributed by atoms with Gasteiger partial charge in [0.15, 0.2) is 0 Å². The average molecular weight is 263 g/mol. The molecule has 102 valence electrons. The van der Waals surface area contributed by atoms with Crippen LogP contribution in [0.5, 0.6) is 0 Å². The first-order chi connectivity index (χ1) is 8.99. The molecule has 2 N–H and O–H groups in total. The second kappa shape index (κ2) is 5.13. The Morgan fingerprint density at radius 3 is 2.89 bits per heavy atom. The largest absolute Gasteiger partial charge is 0.384 e. The van der Waals surface area contributed by atoms with Crippen molar-refractivity contribution in [3.8, 4) is 0 Å². The van der Waals surface area contributed by atoms with Crippen molar-refractivity contribution in [3.63, 3.8) is 0 Å². The molecule has 0 radical (unpaired) electrons. The Kier molecular flexibility index (Phi) is 3.55. The third-order valence-corrected chi connectivity index (χ3v) is 3.08. The van der Waals surface area contributed by atoms with E-state index < -0.39 is 0 Å². The number of nitrogens with zero attached hydrogens (tertiary/aromatic N) is 4. The Hall–Kier alpha value is -2.31. The SMILES string of the molecule is Cc1cc(N)n(CC(=O)N(C)C(C)c2ccon2)n1. The number of rotatable bonds is 4. The number of nitrogen functional groups attached to an aromatic ring is 1. The summed E-state index contributed by atoms with van der Waals surface area (Å²) < 4.78 is 6.27. The first-order valence-electron chi connectivity index (χ1n) is 5.95. The molecule has 0 aliphatic heterocycles. The normalized spacial score (nSPS) is 12.4. The molecule has 2 aromatic rings. The number of carbonyl (C=O) groups is 1. The minimum atomic E-state index is -0.163. The van der Waals surface area contributed by atoms with Crippen LogP contribution in [0.2, 0.25) is 0 Å². The highest BCUT2D eigenvalue weighted by Gasteiger charge is 2.20. The number of nitrogens with two attached hydrogens (primary N) is 1. The van der Waals surface area contributed by atoms with E-state index in [2.05, 4.69) is 10.3 Å². The summed E-state index contributed by atoms with van der Waals surface area (Å²) in [5.41, 5.74) is 7.26. The maximum atomic E-state index is 12.2. The number of aryl methyl sites for hydroxylation is 1. The topological polar surface area (TPSA) is 90.2 Å². The highest BCUT2D eigenvalue weighted by Crippen LogP contribution is 2.17. The van der Waals surface area contributed by atoms with Gasteiger partial charge in [0.1, 0.15) is 24.3 Å².